The normalized spacial score (nSPS) is 10.8. The van der Waals surface area contributed by atoms with Crippen molar-refractivity contribution in [2.45, 2.75) is 6.54 Å². The number of carbonyl (C=O) groups is 1. The van der Waals surface area contributed by atoms with Crippen molar-refractivity contribution >= 4 is 51.8 Å². The second-order valence-corrected chi connectivity index (χ2v) is 6.50. The van der Waals surface area contributed by atoms with Gasteiger partial charge < -0.3 is 20.1 Å². The van der Waals surface area contributed by atoms with E-state index in [0.29, 0.717) is 18.7 Å². The predicted octanol–water partition coefficient (Wildman–Crippen LogP) is 2.24. The molecule has 0 aliphatic heterocycles. The maximum absolute atomic E-state index is 11.9. The van der Waals surface area contributed by atoms with Gasteiger partial charge in [0.05, 0.1) is 12.1 Å². The lowest BCUT2D eigenvalue weighted by molar-refractivity contribution is 0.0954. The van der Waals surface area contributed by atoms with Crippen LogP contribution in [0, 0.1) is 0 Å². The van der Waals surface area contributed by atoms with E-state index < -0.39 is 0 Å². The summed E-state index contributed by atoms with van der Waals surface area (Å²) in [6.07, 6.45) is 5.21. The zero-order chi connectivity index (χ0) is 18.2. The van der Waals surface area contributed by atoms with Gasteiger partial charge in [-0.3, -0.25) is 14.8 Å². The van der Waals surface area contributed by atoms with Crippen LogP contribution in [-0.2, 0) is 13.6 Å². The molecule has 0 saturated heterocycles. The number of pyridine rings is 1. The Kier molecular flexibility index (Phi) is 9.63. The van der Waals surface area contributed by atoms with Gasteiger partial charge in [-0.1, -0.05) is 0 Å². The number of hydrogen-bond donors (Lipinski definition) is 2. The van der Waals surface area contributed by atoms with Crippen molar-refractivity contribution in [3.8, 4) is 0 Å². The first-order valence-electron chi connectivity index (χ1n) is 7.92. The Hall–Kier alpha value is -1.62. The van der Waals surface area contributed by atoms with Crippen LogP contribution >= 0.6 is 39.9 Å². The SMILES string of the molecule is CN=C(NCCNC(=O)c1cccnc1)N(C)Cc1cc(Br)cn1C.I. The first kappa shape index (κ1) is 22.4. The van der Waals surface area contributed by atoms with E-state index in [0.717, 1.165) is 17.0 Å². The van der Waals surface area contributed by atoms with Crippen LogP contribution in [0.25, 0.3) is 0 Å². The van der Waals surface area contributed by atoms with Crippen LogP contribution in [0.5, 0.6) is 0 Å². The number of halogens is 2. The molecule has 2 aromatic rings. The third-order valence-electron chi connectivity index (χ3n) is 3.66. The number of rotatable bonds is 6. The van der Waals surface area contributed by atoms with Gasteiger partial charge in [0, 0.05) is 63.0 Å². The van der Waals surface area contributed by atoms with Gasteiger partial charge in [0.2, 0.25) is 0 Å². The lowest BCUT2D eigenvalue weighted by Gasteiger charge is -2.22. The Bertz CT molecular complexity index is 734. The molecule has 142 valence electrons. The first-order valence-corrected chi connectivity index (χ1v) is 8.71. The number of aryl methyl sites for hydroxylation is 1. The Morgan fingerprint density at radius 2 is 2.12 bits per heavy atom. The number of amides is 1. The van der Waals surface area contributed by atoms with Crippen LogP contribution in [0.3, 0.4) is 0 Å². The van der Waals surface area contributed by atoms with Gasteiger partial charge in [0.15, 0.2) is 5.96 Å². The van der Waals surface area contributed by atoms with E-state index in [1.807, 2.05) is 25.2 Å². The van der Waals surface area contributed by atoms with Crippen LogP contribution in [0.1, 0.15) is 16.1 Å². The molecule has 0 radical (unpaired) electrons. The lowest BCUT2D eigenvalue weighted by atomic mass is 10.3. The molecule has 26 heavy (non-hydrogen) atoms. The Morgan fingerprint density at radius 1 is 1.38 bits per heavy atom. The molecule has 7 nitrogen and oxygen atoms in total. The molecule has 9 heteroatoms. The molecule has 0 aliphatic carbocycles. The summed E-state index contributed by atoms with van der Waals surface area (Å²) in [6.45, 7) is 1.81. The number of nitrogens with zero attached hydrogens (tertiary/aromatic N) is 4. The highest BCUT2D eigenvalue weighted by molar-refractivity contribution is 14.0. The monoisotopic (exact) mass is 534 g/mol. The van der Waals surface area contributed by atoms with E-state index in [-0.39, 0.29) is 29.9 Å². The molecule has 0 bridgehead atoms. The van der Waals surface area contributed by atoms with Gasteiger partial charge in [-0.05, 0) is 34.1 Å². The molecule has 0 saturated carbocycles. The summed E-state index contributed by atoms with van der Waals surface area (Å²) >= 11 is 3.48. The van der Waals surface area contributed by atoms with Crippen LogP contribution in [0.15, 0.2) is 46.3 Å². The number of aromatic nitrogens is 2. The van der Waals surface area contributed by atoms with E-state index in [9.17, 15) is 4.79 Å². The smallest absolute Gasteiger partial charge is 0.252 e. The minimum absolute atomic E-state index is 0. The van der Waals surface area contributed by atoms with E-state index >= 15 is 0 Å². The number of carbonyl (C=O) groups excluding carboxylic acids is 1. The average molecular weight is 535 g/mol. The molecule has 0 atom stereocenters. The topological polar surface area (TPSA) is 74.5 Å². The van der Waals surface area contributed by atoms with E-state index in [4.69, 9.17) is 0 Å². The van der Waals surface area contributed by atoms with Crippen LogP contribution in [0.4, 0.5) is 0 Å². The minimum atomic E-state index is -0.132. The molecule has 0 fully saturated rings. The summed E-state index contributed by atoms with van der Waals surface area (Å²) in [7, 11) is 5.73. The van der Waals surface area contributed by atoms with Crippen molar-refractivity contribution in [1.29, 1.82) is 0 Å². The molecule has 0 aliphatic rings. The Balaban J connectivity index is 0.00000338. The van der Waals surface area contributed by atoms with Crippen LogP contribution in [-0.4, -0.2) is 53.5 Å². The summed E-state index contributed by atoms with van der Waals surface area (Å²) in [5.74, 6) is 0.639. The van der Waals surface area contributed by atoms with Crippen molar-refractivity contribution in [3.63, 3.8) is 0 Å². The molecule has 2 N–H and O–H groups in total. The molecular weight excluding hydrogens is 511 g/mol. The highest BCUT2D eigenvalue weighted by Gasteiger charge is 2.10. The molecule has 0 aromatic carbocycles. The maximum atomic E-state index is 11.9. The summed E-state index contributed by atoms with van der Waals surface area (Å²) in [5, 5.41) is 6.10. The van der Waals surface area contributed by atoms with Gasteiger partial charge in [0.1, 0.15) is 0 Å². The van der Waals surface area contributed by atoms with Crippen molar-refractivity contribution in [3.05, 3.63) is 52.5 Å². The fourth-order valence-corrected chi connectivity index (χ4v) is 2.95. The number of hydrogen-bond acceptors (Lipinski definition) is 3. The zero-order valence-electron chi connectivity index (χ0n) is 15.1. The quantitative estimate of drug-likeness (QED) is 0.258. The highest BCUT2D eigenvalue weighted by atomic mass is 127. The van der Waals surface area contributed by atoms with Crippen LogP contribution in [0.2, 0.25) is 0 Å². The van der Waals surface area contributed by atoms with Gasteiger partial charge in [0.25, 0.3) is 5.91 Å². The fourth-order valence-electron chi connectivity index (χ4n) is 2.38. The van der Waals surface area contributed by atoms with Crippen molar-refractivity contribution in [2.75, 3.05) is 27.2 Å². The molecule has 0 spiro atoms. The predicted molar refractivity (Wildman–Crippen MR) is 118 cm³/mol. The molecule has 2 aromatic heterocycles. The van der Waals surface area contributed by atoms with Gasteiger partial charge in [-0.15, -0.1) is 24.0 Å². The standard InChI is InChI=1S/C17H23BrN6O.HI/c1-19-17(24(3)12-15-9-14(18)11-23(15)2)22-8-7-21-16(25)13-5-4-6-20-10-13;/h4-6,9-11H,7-8,12H2,1-3H3,(H,19,22)(H,21,25);1H. The summed E-state index contributed by atoms with van der Waals surface area (Å²) in [5.41, 5.74) is 1.72. The van der Waals surface area contributed by atoms with E-state index in [1.54, 1.807) is 31.6 Å². The Labute approximate surface area is 179 Å². The molecule has 2 heterocycles. The summed E-state index contributed by atoms with van der Waals surface area (Å²) < 4.78 is 3.13. The largest absolute Gasteiger partial charge is 0.354 e. The molecule has 0 unspecified atom stereocenters. The fraction of sp³-hybridized carbons (Fsp3) is 0.353. The second kappa shape index (κ2) is 11.2. The van der Waals surface area contributed by atoms with Gasteiger partial charge >= 0.3 is 0 Å². The lowest BCUT2D eigenvalue weighted by Crippen LogP contribution is -2.42. The van der Waals surface area contributed by atoms with Crippen molar-refractivity contribution < 1.29 is 4.79 Å². The number of guanidine groups is 1. The number of aliphatic imine (C=N–C) groups is 1. The second-order valence-electron chi connectivity index (χ2n) is 5.59. The first-order chi connectivity index (χ1) is 12.0. The van der Waals surface area contributed by atoms with E-state index in [2.05, 4.69) is 47.2 Å². The van der Waals surface area contributed by atoms with Crippen LogP contribution < -0.4 is 10.6 Å². The zero-order valence-corrected chi connectivity index (χ0v) is 19.0. The van der Waals surface area contributed by atoms with Crippen molar-refractivity contribution in [1.82, 2.24) is 25.1 Å². The third kappa shape index (κ3) is 6.60. The van der Waals surface area contributed by atoms with Gasteiger partial charge in [-0.25, -0.2) is 0 Å². The molecular formula is C17H24BrIN6O. The highest BCUT2D eigenvalue weighted by Crippen LogP contribution is 2.14. The Morgan fingerprint density at radius 3 is 2.69 bits per heavy atom. The summed E-state index contributed by atoms with van der Waals surface area (Å²) in [4.78, 5) is 22.2. The van der Waals surface area contributed by atoms with Crippen molar-refractivity contribution in [2.24, 2.45) is 12.0 Å². The van der Waals surface area contributed by atoms with E-state index in [1.165, 1.54) is 5.69 Å². The minimum Gasteiger partial charge on any atom is -0.354 e. The average Bonchev–Trinajstić information content (AvgIpc) is 2.92. The third-order valence-corrected chi connectivity index (χ3v) is 4.10. The summed E-state index contributed by atoms with van der Waals surface area (Å²) in [6, 6.07) is 5.56. The molecule has 2 rings (SSSR count). The number of nitrogens with one attached hydrogen (secondary N) is 2. The maximum Gasteiger partial charge on any atom is 0.252 e. The molecule has 1 amide bonds. The van der Waals surface area contributed by atoms with Gasteiger partial charge in [-0.2, -0.15) is 0 Å².